The molecule has 0 aliphatic heterocycles. The third-order valence-electron chi connectivity index (χ3n) is 2.42. The number of nitrogens with zero attached hydrogens (tertiary/aromatic N) is 1. The summed E-state index contributed by atoms with van der Waals surface area (Å²) in [6.07, 6.45) is 2.47. The van der Waals surface area contributed by atoms with E-state index in [1.54, 1.807) is 6.20 Å². The van der Waals surface area contributed by atoms with Crippen LogP contribution in [0.25, 0.3) is 10.8 Å². The number of aliphatic hydroxyl groups excluding tert-OH is 1. The zero-order chi connectivity index (χ0) is 11.4. The number of hydrogen-bond donors (Lipinski definition) is 3. The van der Waals surface area contributed by atoms with Crippen LogP contribution in [-0.2, 0) is 0 Å². The van der Waals surface area contributed by atoms with Gasteiger partial charge in [0.2, 0.25) is 0 Å². The van der Waals surface area contributed by atoms with Crippen LogP contribution >= 0.6 is 0 Å². The monoisotopic (exact) mass is 217 g/mol. The van der Waals surface area contributed by atoms with Gasteiger partial charge in [0.1, 0.15) is 5.82 Å². The van der Waals surface area contributed by atoms with Crippen LogP contribution in [0.3, 0.4) is 0 Å². The fourth-order valence-electron chi connectivity index (χ4n) is 1.62. The average Bonchev–Trinajstić information content (AvgIpc) is 2.29. The molecule has 0 saturated carbocycles. The molecule has 0 radical (unpaired) electrons. The van der Waals surface area contributed by atoms with Crippen LogP contribution < -0.4 is 11.1 Å². The first-order chi connectivity index (χ1) is 7.81. The maximum Gasteiger partial charge on any atom is 0.133 e. The topological polar surface area (TPSA) is 71.2 Å². The molecule has 1 aromatic carbocycles. The van der Waals surface area contributed by atoms with Crippen LogP contribution in [0, 0.1) is 0 Å². The number of nitrogen functional groups attached to an aromatic ring is 1. The van der Waals surface area contributed by atoms with E-state index in [4.69, 9.17) is 10.8 Å². The van der Waals surface area contributed by atoms with E-state index in [1.807, 2.05) is 24.3 Å². The molecule has 1 heterocycles. The summed E-state index contributed by atoms with van der Waals surface area (Å²) in [6.45, 7) is 0.901. The van der Waals surface area contributed by atoms with Crippen molar-refractivity contribution in [1.29, 1.82) is 0 Å². The maximum absolute atomic E-state index is 8.72. The zero-order valence-corrected chi connectivity index (χ0v) is 8.98. The molecule has 0 aliphatic rings. The Balaban J connectivity index is 2.30. The second-order valence-corrected chi connectivity index (χ2v) is 3.64. The zero-order valence-electron chi connectivity index (χ0n) is 8.98. The van der Waals surface area contributed by atoms with Crippen LogP contribution in [0.15, 0.2) is 30.5 Å². The minimum atomic E-state index is 0.185. The molecule has 0 spiro atoms. The number of anilines is 2. The summed E-state index contributed by atoms with van der Waals surface area (Å²) in [7, 11) is 0. The number of aliphatic hydroxyl groups is 1. The Morgan fingerprint density at radius 2 is 2.19 bits per heavy atom. The summed E-state index contributed by atoms with van der Waals surface area (Å²) in [5.74, 6) is 0.839. The number of hydrogen-bond acceptors (Lipinski definition) is 4. The van der Waals surface area contributed by atoms with E-state index in [0.717, 1.165) is 22.3 Å². The van der Waals surface area contributed by atoms with Crippen LogP contribution in [0.2, 0.25) is 0 Å². The van der Waals surface area contributed by atoms with E-state index in [-0.39, 0.29) is 6.61 Å². The van der Waals surface area contributed by atoms with Crippen molar-refractivity contribution in [2.75, 3.05) is 24.2 Å². The Morgan fingerprint density at radius 3 is 3.00 bits per heavy atom. The molecule has 0 bridgehead atoms. The van der Waals surface area contributed by atoms with Crippen LogP contribution in [-0.4, -0.2) is 23.2 Å². The predicted molar refractivity (Wildman–Crippen MR) is 66.3 cm³/mol. The molecule has 16 heavy (non-hydrogen) atoms. The van der Waals surface area contributed by atoms with Crippen molar-refractivity contribution in [1.82, 2.24) is 4.98 Å². The third-order valence-corrected chi connectivity index (χ3v) is 2.42. The fourth-order valence-corrected chi connectivity index (χ4v) is 1.62. The van der Waals surface area contributed by atoms with Crippen LogP contribution in [0.5, 0.6) is 0 Å². The van der Waals surface area contributed by atoms with Gasteiger partial charge in [0, 0.05) is 30.4 Å². The van der Waals surface area contributed by atoms with Crippen LogP contribution in [0.4, 0.5) is 11.5 Å². The summed E-state index contributed by atoms with van der Waals surface area (Å²) >= 11 is 0. The van der Waals surface area contributed by atoms with E-state index in [1.165, 1.54) is 0 Å². The smallest absolute Gasteiger partial charge is 0.133 e. The number of nitrogens with two attached hydrogens (primary N) is 1. The van der Waals surface area contributed by atoms with E-state index in [0.29, 0.717) is 13.0 Å². The number of aromatic nitrogens is 1. The Labute approximate surface area is 94.1 Å². The van der Waals surface area contributed by atoms with Gasteiger partial charge in [0.05, 0.1) is 0 Å². The lowest BCUT2D eigenvalue weighted by atomic mass is 10.1. The lowest BCUT2D eigenvalue weighted by molar-refractivity contribution is 0.292. The summed E-state index contributed by atoms with van der Waals surface area (Å²) in [5.41, 5.74) is 6.47. The van der Waals surface area contributed by atoms with Crippen LogP contribution in [0.1, 0.15) is 6.42 Å². The lowest BCUT2D eigenvalue weighted by Gasteiger charge is -2.08. The lowest BCUT2D eigenvalue weighted by Crippen LogP contribution is -2.05. The highest BCUT2D eigenvalue weighted by Gasteiger charge is 2.01. The molecule has 2 rings (SSSR count). The van der Waals surface area contributed by atoms with Gasteiger partial charge in [0.25, 0.3) is 0 Å². The molecule has 1 aromatic heterocycles. The number of rotatable bonds is 4. The van der Waals surface area contributed by atoms with Gasteiger partial charge in [-0.2, -0.15) is 0 Å². The maximum atomic E-state index is 8.72. The van der Waals surface area contributed by atoms with E-state index in [2.05, 4.69) is 10.3 Å². The van der Waals surface area contributed by atoms with Gasteiger partial charge in [0.15, 0.2) is 0 Å². The Hall–Kier alpha value is -1.81. The molecule has 0 fully saturated rings. The van der Waals surface area contributed by atoms with Gasteiger partial charge in [-0.25, -0.2) is 4.98 Å². The van der Waals surface area contributed by atoms with Crippen molar-refractivity contribution >= 4 is 22.3 Å². The largest absolute Gasteiger partial charge is 0.399 e. The van der Waals surface area contributed by atoms with E-state index in [9.17, 15) is 0 Å². The number of fused-ring (bicyclic) bond motifs is 1. The molecular weight excluding hydrogens is 202 g/mol. The van der Waals surface area contributed by atoms with E-state index < -0.39 is 0 Å². The quantitative estimate of drug-likeness (QED) is 0.537. The van der Waals surface area contributed by atoms with Crippen molar-refractivity contribution in [3.8, 4) is 0 Å². The highest BCUT2D eigenvalue weighted by atomic mass is 16.3. The average molecular weight is 217 g/mol. The Kier molecular flexibility index (Phi) is 3.22. The van der Waals surface area contributed by atoms with Gasteiger partial charge < -0.3 is 16.2 Å². The molecule has 0 unspecified atom stereocenters. The van der Waals surface area contributed by atoms with Gasteiger partial charge in [-0.05, 0) is 36.1 Å². The molecule has 0 saturated heterocycles. The molecular formula is C12H15N3O. The molecule has 0 amide bonds. The first kappa shape index (κ1) is 10.7. The highest BCUT2D eigenvalue weighted by molar-refractivity contribution is 5.93. The van der Waals surface area contributed by atoms with E-state index >= 15 is 0 Å². The van der Waals surface area contributed by atoms with Crippen molar-refractivity contribution in [3.05, 3.63) is 30.5 Å². The van der Waals surface area contributed by atoms with Gasteiger partial charge >= 0.3 is 0 Å². The highest BCUT2D eigenvalue weighted by Crippen LogP contribution is 2.22. The second kappa shape index (κ2) is 4.81. The standard InChI is InChI=1S/C12H15N3O/c13-10-2-3-11-9(8-10)4-6-15-12(11)14-5-1-7-16/h2-4,6,8,16H,1,5,7,13H2,(H,14,15). The summed E-state index contributed by atoms with van der Waals surface area (Å²) in [6, 6.07) is 7.68. The SMILES string of the molecule is Nc1ccc2c(NCCCO)nccc2c1. The van der Waals surface area contributed by atoms with Gasteiger partial charge in [-0.1, -0.05) is 0 Å². The predicted octanol–water partition coefficient (Wildman–Crippen LogP) is 1.61. The first-order valence-corrected chi connectivity index (χ1v) is 5.30. The molecule has 84 valence electrons. The number of nitrogens with one attached hydrogen (secondary N) is 1. The molecule has 2 aromatic rings. The molecule has 0 atom stereocenters. The molecule has 4 N–H and O–H groups in total. The molecule has 0 aliphatic carbocycles. The molecule has 4 nitrogen and oxygen atoms in total. The minimum Gasteiger partial charge on any atom is -0.399 e. The van der Waals surface area contributed by atoms with Gasteiger partial charge in [-0.15, -0.1) is 0 Å². The van der Waals surface area contributed by atoms with Crippen molar-refractivity contribution in [3.63, 3.8) is 0 Å². The Morgan fingerprint density at radius 1 is 1.31 bits per heavy atom. The molecule has 4 heteroatoms. The van der Waals surface area contributed by atoms with Crippen molar-refractivity contribution in [2.24, 2.45) is 0 Å². The van der Waals surface area contributed by atoms with Crippen molar-refractivity contribution in [2.45, 2.75) is 6.42 Å². The van der Waals surface area contributed by atoms with Crippen molar-refractivity contribution < 1.29 is 5.11 Å². The second-order valence-electron chi connectivity index (χ2n) is 3.64. The normalized spacial score (nSPS) is 10.6. The first-order valence-electron chi connectivity index (χ1n) is 5.30. The summed E-state index contributed by atoms with van der Waals surface area (Å²) in [5, 5.41) is 14.0. The Bertz CT molecular complexity index is 485. The third kappa shape index (κ3) is 2.23. The fraction of sp³-hybridized carbons (Fsp3) is 0.250. The van der Waals surface area contributed by atoms with Gasteiger partial charge in [-0.3, -0.25) is 0 Å². The minimum absolute atomic E-state index is 0.185. The number of pyridine rings is 1. The summed E-state index contributed by atoms with van der Waals surface area (Å²) in [4.78, 5) is 4.27. The summed E-state index contributed by atoms with van der Waals surface area (Å²) < 4.78 is 0. The number of benzene rings is 1.